The minimum absolute atomic E-state index is 0.157. The topological polar surface area (TPSA) is 98.8 Å². The van der Waals surface area contributed by atoms with Gasteiger partial charge in [0.15, 0.2) is 0 Å². The van der Waals surface area contributed by atoms with Gasteiger partial charge < -0.3 is 15.5 Å². The fourth-order valence-corrected chi connectivity index (χ4v) is 4.52. The Kier molecular flexibility index (Phi) is 5.00. The van der Waals surface area contributed by atoms with E-state index in [0.717, 1.165) is 0 Å². The van der Waals surface area contributed by atoms with E-state index in [9.17, 15) is 19.2 Å². The summed E-state index contributed by atoms with van der Waals surface area (Å²) < 4.78 is 0. The van der Waals surface area contributed by atoms with E-state index in [1.165, 1.54) is 16.7 Å². The molecule has 2 heterocycles. The van der Waals surface area contributed by atoms with Crippen molar-refractivity contribution in [3.63, 3.8) is 0 Å². The maximum absolute atomic E-state index is 13.7. The summed E-state index contributed by atoms with van der Waals surface area (Å²) >= 11 is 0. The van der Waals surface area contributed by atoms with Gasteiger partial charge in [0.1, 0.15) is 0 Å². The first-order valence-corrected chi connectivity index (χ1v) is 10.2. The highest BCUT2D eigenvalue weighted by molar-refractivity contribution is 6.18. The molecule has 2 aliphatic heterocycles. The average Bonchev–Trinajstić information content (AvgIpc) is 3.06. The summed E-state index contributed by atoms with van der Waals surface area (Å²) in [7, 11) is 0. The van der Waals surface area contributed by atoms with E-state index in [4.69, 9.17) is 0 Å². The zero-order chi connectivity index (χ0) is 22.3. The zero-order valence-electron chi connectivity index (χ0n) is 17.6. The summed E-state index contributed by atoms with van der Waals surface area (Å²) in [5, 5.41) is 5.54. The Bertz CT molecular complexity index is 1100. The molecule has 0 saturated carbocycles. The smallest absolute Gasteiger partial charge is 0.271 e. The van der Waals surface area contributed by atoms with Gasteiger partial charge in [0.25, 0.3) is 11.8 Å². The molecular weight excluding hydrogens is 396 g/mol. The summed E-state index contributed by atoms with van der Waals surface area (Å²) in [6.45, 7) is 5.07. The third kappa shape index (κ3) is 3.24. The summed E-state index contributed by atoms with van der Waals surface area (Å²) in [5.41, 5.74) is 0.394. The first-order valence-electron chi connectivity index (χ1n) is 10.2. The minimum atomic E-state index is -1.46. The summed E-state index contributed by atoms with van der Waals surface area (Å²) in [4.78, 5) is 54.4. The van der Waals surface area contributed by atoms with E-state index in [-0.39, 0.29) is 36.6 Å². The second kappa shape index (κ2) is 7.54. The van der Waals surface area contributed by atoms with Gasteiger partial charge in [0.05, 0.1) is 11.3 Å². The van der Waals surface area contributed by atoms with E-state index in [0.29, 0.717) is 22.6 Å². The van der Waals surface area contributed by atoms with Crippen molar-refractivity contribution < 1.29 is 19.2 Å². The van der Waals surface area contributed by atoms with Gasteiger partial charge in [-0.15, -0.1) is 0 Å². The van der Waals surface area contributed by atoms with Crippen molar-refractivity contribution in [2.75, 3.05) is 15.5 Å². The Hall–Kier alpha value is -3.68. The molecule has 2 N–H and O–H groups in total. The summed E-state index contributed by atoms with van der Waals surface area (Å²) in [6.07, 6.45) is 0.353. The van der Waals surface area contributed by atoms with Crippen molar-refractivity contribution in [1.29, 1.82) is 0 Å². The monoisotopic (exact) mass is 420 g/mol. The van der Waals surface area contributed by atoms with Gasteiger partial charge in [-0.25, -0.2) is 0 Å². The molecule has 0 bridgehead atoms. The Morgan fingerprint density at radius 2 is 1.68 bits per heavy atom. The molecule has 0 aromatic heterocycles. The van der Waals surface area contributed by atoms with E-state index in [1.807, 2.05) is 13.8 Å². The fourth-order valence-electron chi connectivity index (χ4n) is 4.52. The van der Waals surface area contributed by atoms with Crippen molar-refractivity contribution in [2.24, 2.45) is 0 Å². The molecule has 8 nitrogen and oxygen atoms in total. The first kappa shape index (κ1) is 20.6. The summed E-state index contributed by atoms with van der Waals surface area (Å²) in [6, 6.07) is 13.3. The molecule has 2 aromatic rings. The van der Waals surface area contributed by atoms with Gasteiger partial charge in [-0.2, -0.15) is 0 Å². The third-order valence-electron chi connectivity index (χ3n) is 5.62. The van der Waals surface area contributed by atoms with Gasteiger partial charge in [0.2, 0.25) is 17.5 Å². The number of amides is 4. The Morgan fingerprint density at radius 1 is 1.00 bits per heavy atom. The second-order valence-corrected chi connectivity index (χ2v) is 8.05. The van der Waals surface area contributed by atoms with Crippen LogP contribution in [-0.4, -0.2) is 40.2 Å². The maximum Gasteiger partial charge on any atom is 0.271 e. The van der Waals surface area contributed by atoms with E-state index in [2.05, 4.69) is 10.6 Å². The van der Waals surface area contributed by atoms with Crippen LogP contribution in [0.15, 0.2) is 48.5 Å². The normalized spacial score (nSPS) is 19.9. The van der Waals surface area contributed by atoms with E-state index >= 15 is 0 Å². The van der Waals surface area contributed by atoms with E-state index < -0.39 is 11.6 Å². The van der Waals surface area contributed by atoms with Gasteiger partial charge in [0, 0.05) is 37.2 Å². The highest BCUT2D eigenvalue weighted by Gasteiger charge is 2.61. The number of hydrogen-bond donors (Lipinski definition) is 2. The Labute approximate surface area is 180 Å². The van der Waals surface area contributed by atoms with Crippen LogP contribution < -0.4 is 15.5 Å². The summed E-state index contributed by atoms with van der Waals surface area (Å²) in [5.74, 6) is -1.17. The van der Waals surface area contributed by atoms with Crippen LogP contribution >= 0.6 is 0 Å². The van der Waals surface area contributed by atoms with Crippen LogP contribution in [0.5, 0.6) is 0 Å². The number of carbonyl (C=O) groups excluding carboxylic acids is 4. The molecule has 4 rings (SSSR count). The van der Waals surface area contributed by atoms with Crippen molar-refractivity contribution in [3.8, 4) is 0 Å². The molecule has 160 valence electrons. The van der Waals surface area contributed by atoms with E-state index in [1.54, 1.807) is 48.5 Å². The largest absolute Gasteiger partial charge is 0.326 e. The molecule has 1 fully saturated rings. The lowest BCUT2D eigenvalue weighted by atomic mass is 9.94. The molecule has 0 unspecified atom stereocenters. The van der Waals surface area contributed by atoms with Crippen molar-refractivity contribution in [1.82, 2.24) is 4.90 Å². The standard InChI is InChI=1S/C23H24N4O4/c1-14(2)26-21(30)18-9-4-5-10-19(18)27-20(29)11-12-23(26,27)22(31)25-17-8-6-7-16(13-17)24-15(3)28/h4-10,13-14H,11-12H2,1-3H3,(H,24,28)(H,25,31)/t23-/m1/s1. The lowest BCUT2D eigenvalue weighted by Gasteiger charge is -2.50. The van der Waals surface area contributed by atoms with Crippen LogP contribution in [0.4, 0.5) is 17.1 Å². The molecule has 1 atom stereocenters. The number of benzene rings is 2. The average molecular weight is 420 g/mol. The Balaban J connectivity index is 1.79. The van der Waals surface area contributed by atoms with Gasteiger partial charge in [-0.3, -0.25) is 24.1 Å². The molecule has 0 spiro atoms. The minimum Gasteiger partial charge on any atom is -0.326 e. The maximum atomic E-state index is 13.7. The van der Waals surface area contributed by atoms with Crippen LogP contribution in [0.25, 0.3) is 0 Å². The number of carbonyl (C=O) groups is 4. The number of rotatable bonds is 4. The molecule has 2 aromatic carbocycles. The fraction of sp³-hybridized carbons (Fsp3) is 0.304. The van der Waals surface area contributed by atoms with Gasteiger partial charge in [-0.1, -0.05) is 18.2 Å². The number of nitrogens with one attached hydrogen (secondary N) is 2. The highest BCUT2D eigenvalue weighted by atomic mass is 16.2. The van der Waals surface area contributed by atoms with Gasteiger partial charge >= 0.3 is 0 Å². The first-order chi connectivity index (χ1) is 14.8. The van der Waals surface area contributed by atoms with Crippen LogP contribution in [0, 0.1) is 0 Å². The predicted molar refractivity (Wildman–Crippen MR) is 117 cm³/mol. The van der Waals surface area contributed by atoms with Gasteiger partial charge in [-0.05, 0) is 44.2 Å². The molecule has 31 heavy (non-hydrogen) atoms. The zero-order valence-corrected chi connectivity index (χ0v) is 17.6. The highest BCUT2D eigenvalue weighted by Crippen LogP contribution is 2.45. The molecule has 0 aliphatic carbocycles. The van der Waals surface area contributed by atoms with Crippen LogP contribution in [0.3, 0.4) is 0 Å². The number of para-hydroxylation sites is 1. The molecular formula is C23H24N4O4. The molecule has 2 aliphatic rings. The molecule has 4 amide bonds. The van der Waals surface area contributed by atoms with Crippen LogP contribution in [0.2, 0.25) is 0 Å². The van der Waals surface area contributed by atoms with Crippen molar-refractivity contribution >= 4 is 40.7 Å². The lowest BCUT2D eigenvalue weighted by molar-refractivity contribution is -0.129. The quantitative estimate of drug-likeness (QED) is 0.794. The predicted octanol–water partition coefficient (Wildman–Crippen LogP) is 2.97. The van der Waals surface area contributed by atoms with Crippen molar-refractivity contribution in [2.45, 2.75) is 45.3 Å². The van der Waals surface area contributed by atoms with Crippen molar-refractivity contribution in [3.05, 3.63) is 54.1 Å². The number of fused-ring (bicyclic) bond motifs is 3. The third-order valence-corrected chi connectivity index (χ3v) is 5.62. The molecule has 8 heteroatoms. The Morgan fingerprint density at radius 3 is 2.35 bits per heavy atom. The lowest BCUT2D eigenvalue weighted by Crippen LogP contribution is -2.70. The molecule has 1 saturated heterocycles. The second-order valence-electron chi connectivity index (χ2n) is 8.05. The molecule has 0 radical (unpaired) electrons. The number of anilines is 3. The SMILES string of the molecule is CC(=O)Nc1cccc(NC(=O)[C@@]23CCC(=O)N2c2ccccc2C(=O)N3C(C)C)c1. The number of hydrogen-bond acceptors (Lipinski definition) is 4. The van der Waals surface area contributed by atoms with Crippen LogP contribution in [-0.2, 0) is 14.4 Å². The van der Waals surface area contributed by atoms with Crippen LogP contribution in [0.1, 0.15) is 44.0 Å². The number of nitrogens with zero attached hydrogens (tertiary/aromatic N) is 2.